The quantitative estimate of drug-likeness (QED) is 0.745. The van der Waals surface area contributed by atoms with E-state index in [1.807, 2.05) is 43.3 Å². The third-order valence-electron chi connectivity index (χ3n) is 2.99. The predicted molar refractivity (Wildman–Crippen MR) is 65.9 cm³/mol. The van der Waals surface area contributed by atoms with Crippen molar-refractivity contribution < 1.29 is 4.79 Å². The van der Waals surface area contributed by atoms with Crippen molar-refractivity contribution >= 4 is 11.7 Å². The number of hydrogen-bond acceptors (Lipinski definition) is 2. The summed E-state index contributed by atoms with van der Waals surface area (Å²) in [6.07, 6.45) is 1.78. The summed E-state index contributed by atoms with van der Waals surface area (Å²) in [4.78, 5) is 18.2. The minimum Gasteiger partial charge on any atom is -0.288 e. The van der Waals surface area contributed by atoms with Crippen LogP contribution in [-0.4, -0.2) is 10.9 Å². The summed E-state index contributed by atoms with van der Waals surface area (Å²) in [5.74, 6) is 0.758. The normalized spacial score (nSPS) is 13.9. The van der Waals surface area contributed by atoms with Crippen LogP contribution in [0.15, 0.2) is 42.6 Å². The van der Waals surface area contributed by atoms with Crippen LogP contribution in [0.3, 0.4) is 0 Å². The molecule has 0 saturated carbocycles. The molecule has 0 unspecified atom stereocenters. The Morgan fingerprint density at radius 3 is 2.71 bits per heavy atom. The number of pyridine rings is 1. The number of amides is 1. The Balaban J connectivity index is 1.99. The van der Waals surface area contributed by atoms with E-state index in [9.17, 15) is 4.79 Å². The van der Waals surface area contributed by atoms with Gasteiger partial charge in [-0.25, -0.2) is 4.98 Å². The largest absolute Gasteiger partial charge is 0.288 e. The van der Waals surface area contributed by atoms with Gasteiger partial charge in [0.2, 0.25) is 0 Å². The molecule has 1 aromatic carbocycles. The van der Waals surface area contributed by atoms with E-state index in [0.717, 1.165) is 22.5 Å². The first-order valence-corrected chi connectivity index (χ1v) is 5.58. The predicted octanol–water partition coefficient (Wildman–Crippen LogP) is 2.55. The van der Waals surface area contributed by atoms with Crippen molar-refractivity contribution in [3.8, 4) is 0 Å². The number of aromatic nitrogens is 1. The van der Waals surface area contributed by atoms with Crippen LogP contribution in [0, 0.1) is 6.92 Å². The molecule has 0 spiro atoms. The van der Waals surface area contributed by atoms with Crippen LogP contribution in [0.4, 0.5) is 5.82 Å². The van der Waals surface area contributed by atoms with Crippen molar-refractivity contribution in [1.29, 1.82) is 0 Å². The lowest BCUT2D eigenvalue weighted by Gasteiger charge is -2.14. The number of carbonyl (C=O) groups excluding carboxylic acids is 1. The molecule has 0 fully saturated rings. The van der Waals surface area contributed by atoms with Crippen LogP contribution in [0.2, 0.25) is 0 Å². The molecular weight excluding hydrogens is 212 g/mol. The average molecular weight is 224 g/mol. The van der Waals surface area contributed by atoms with Crippen molar-refractivity contribution in [2.75, 3.05) is 4.90 Å². The van der Waals surface area contributed by atoms with E-state index in [1.54, 1.807) is 11.1 Å². The first kappa shape index (κ1) is 10.0. The number of benzene rings is 1. The molecule has 2 heterocycles. The van der Waals surface area contributed by atoms with Gasteiger partial charge in [0.25, 0.3) is 5.91 Å². The van der Waals surface area contributed by atoms with Gasteiger partial charge >= 0.3 is 0 Å². The van der Waals surface area contributed by atoms with Gasteiger partial charge in [0.15, 0.2) is 0 Å². The van der Waals surface area contributed by atoms with E-state index in [2.05, 4.69) is 4.98 Å². The molecule has 84 valence electrons. The monoisotopic (exact) mass is 224 g/mol. The van der Waals surface area contributed by atoms with Crippen molar-refractivity contribution in [2.45, 2.75) is 13.5 Å². The molecule has 17 heavy (non-hydrogen) atoms. The molecule has 3 heteroatoms. The second-order valence-electron chi connectivity index (χ2n) is 4.24. The minimum atomic E-state index is 0.0388. The molecule has 3 nitrogen and oxygen atoms in total. The van der Waals surface area contributed by atoms with Gasteiger partial charge in [-0.3, -0.25) is 9.69 Å². The highest BCUT2D eigenvalue weighted by Gasteiger charge is 2.28. The van der Waals surface area contributed by atoms with Crippen molar-refractivity contribution in [2.24, 2.45) is 0 Å². The zero-order valence-corrected chi connectivity index (χ0v) is 9.55. The van der Waals surface area contributed by atoms with E-state index in [-0.39, 0.29) is 5.91 Å². The second kappa shape index (κ2) is 3.70. The maximum absolute atomic E-state index is 12.2. The number of fused-ring (bicyclic) bond motifs is 1. The highest BCUT2D eigenvalue weighted by Crippen LogP contribution is 2.26. The highest BCUT2D eigenvalue weighted by atomic mass is 16.2. The van der Waals surface area contributed by atoms with Crippen LogP contribution < -0.4 is 4.90 Å². The van der Waals surface area contributed by atoms with E-state index >= 15 is 0 Å². The average Bonchev–Trinajstić information content (AvgIpc) is 2.69. The molecule has 0 saturated heterocycles. The molecule has 0 aliphatic carbocycles. The lowest BCUT2D eigenvalue weighted by atomic mass is 10.1. The topological polar surface area (TPSA) is 33.2 Å². The fraction of sp³-hybridized carbons (Fsp3) is 0.143. The summed E-state index contributed by atoms with van der Waals surface area (Å²) >= 11 is 0. The Hall–Kier alpha value is -2.16. The van der Waals surface area contributed by atoms with Crippen LogP contribution in [-0.2, 0) is 6.54 Å². The van der Waals surface area contributed by atoms with Crippen molar-refractivity contribution in [1.82, 2.24) is 4.98 Å². The third kappa shape index (κ3) is 1.60. The van der Waals surface area contributed by atoms with E-state index in [4.69, 9.17) is 0 Å². The van der Waals surface area contributed by atoms with Gasteiger partial charge in [-0.05, 0) is 30.2 Å². The van der Waals surface area contributed by atoms with Crippen LogP contribution >= 0.6 is 0 Å². The Labute approximate surface area is 99.7 Å². The molecule has 1 aliphatic rings. The summed E-state index contributed by atoms with van der Waals surface area (Å²) in [7, 11) is 0. The molecule has 1 aromatic heterocycles. The van der Waals surface area contributed by atoms with Gasteiger partial charge in [0.05, 0.1) is 6.54 Å². The summed E-state index contributed by atoms with van der Waals surface area (Å²) in [6, 6.07) is 11.6. The molecule has 1 aliphatic heterocycles. The second-order valence-corrected chi connectivity index (χ2v) is 4.24. The summed E-state index contributed by atoms with van der Waals surface area (Å²) in [5.41, 5.74) is 2.95. The van der Waals surface area contributed by atoms with Gasteiger partial charge in [-0.1, -0.05) is 24.3 Å². The number of nitrogens with zero attached hydrogens (tertiary/aromatic N) is 2. The summed E-state index contributed by atoms with van der Waals surface area (Å²) in [6.45, 7) is 2.60. The lowest BCUT2D eigenvalue weighted by Crippen LogP contribution is -2.23. The Kier molecular flexibility index (Phi) is 2.18. The number of aryl methyl sites for hydroxylation is 1. The zero-order valence-electron chi connectivity index (χ0n) is 9.55. The Morgan fingerprint density at radius 2 is 2.00 bits per heavy atom. The smallest absolute Gasteiger partial charge is 0.260 e. The zero-order chi connectivity index (χ0) is 11.8. The van der Waals surface area contributed by atoms with Crippen LogP contribution in [0.25, 0.3) is 0 Å². The molecule has 0 radical (unpaired) electrons. The maximum Gasteiger partial charge on any atom is 0.260 e. The third-order valence-corrected chi connectivity index (χ3v) is 2.99. The van der Waals surface area contributed by atoms with Crippen LogP contribution in [0.5, 0.6) is 0 Å². The number of hydrogen-bond donors (Lipinski definition) is 0. The SMILES string of the molecule is Cc1ccc(N2Cc3ccccc3C2=O)nc1. The van der Waals surface area contributed by atoms with E-state index in [1.165, 1.54) is 0 Å². The van der Waals surface area contributed by atoms with Gasteiger partial charge < -0.3 is 0 Å². The van der Waals surface area contributed by atoms with Gasteiger partial charge in [-0.15, -0.1) is 0 Å². The first-order chi connectivity index (χ1) is 8.25. The van der Waals surface area contributed by atoms with E-state index < -0.39 is 0 Å². The lowest BCUT2D eigenvalue weighted by molar-refractivity contribution is 0.0996. The fourth-order valence-corrected chi connectivity index (χ4v) is 2.06. The summed E-state index contributed by atoms with van der Waals surface area (Å²) in [5, 5.41) is 0. The van der Waals surface area contributed by atoms with Crippen LogP contribution in [0.1, 0.15) is 21.5 Å². The highest BCUT2D eigenvalue weighted by molar-refractivity contribution is 6.09. The molecular formula is C14H12N2O. The summed E-state index contributed by atoms with van der Waals surface area (Å²) < 4.78 is 0. The Bertz CT molecular complexity index is 575. The van der Waals surface area contributed by atoms with Gasteiger partial charge in [-0.2, -0.15) is 0 Å². The number of rotatable bonds is 1. The van der Waals surface area contributed by atoms with Crippen molar-refractivity contribution in [3.63, 3.8) is 0 Å². The van der Waals surface area contributed by atoms with Crippen molar-refractivity contribution in [3.05, 3.63) is 59.3 Å². The molecule has 0 atom stereocenters. The number of anilines is 1. The standard InChI is InChI=1S/C14H12N2O/c1-10-6-7-13(15-8-10)16-9-11-4-2-3-5-12(11)14(16)17/h2-8H,9H2,1H3. The molecule has 2 aromatic rings. The molecule has 0 bridgehead atoms. The van der Waals surface area contributed by atoms with Gasteiger partial charge in [0, 0.05) is 11.8 Å². The minimum absolute atomic E-state index is 0.0388. The fourth-order valence-electron chi connectivity index (χ4n) is 2.06. The maximum atomic E-state index is 12.2. The number of carbonyl (C=O) groups is 1. The molecule has 1 amide bonds. The Morgan fingerprint density at radius 1 is 1.18 bits per heavy atom. The van der Waals surface area contributed by atoms with Gasteiger partial charge in [0.1, 0.15) is 5.82 Å². The van der Waals surface area contributed by atoms with E-state index in [0.29, 0.717) is 6.54 Å². The first-order valence-electron chi connectivity index (χ1n) is 5.58. The molecule has 3 rings (SSSR count). The molecule has 0 N–H and O–H groups in total.